The summed E-state index contributed by atoms with van der Waals surface area (Å²) < 4.78 is 0. The van der Waals surface area contributed by atoms with Crippen molar-refractivity contribution in [1.82, 2.24) is 10.2 Å². The summed E-state index contributed by atoms with van der Waals surface area (Å²) in [6.07, 6.45) is 18.7. The van der Waals surface area contributed by atoms with E-state index in [2.05, 4.69) is 59.4 Å². The van der Waals surface area contributed by atoms with E-state index in [1.807, 2.05) is 18.5 Å². The molecule has 4 heteroatoms. The maximum Gasteiger partial charge on any atom is 0.0849 e. The maximum atomic E-state index is 6.15. The minimum atomic E-state index is 0.856. The van der Waals surface area contributed by atoms with E-state index >= 15 is 0 Å². The zero-order valence-electron chi connectivity index (χ0n) is 15.3. The Morgan fingerprint density at radius 3 is 2.96 bits per heavy atom. The van der Waals surface area contributed by atoms with Gasteiger partial charge in [-0.25, -0.2) is 0 Å². The Kier molecular flexibility index (Phi) is 10.3. The first-order valence-corrected chi connectivity index (χ1v) is 8.73. The molecule has 0 bridgehead atoms. The molecular formula is C20H32N4. The van der Waals surface area contributed by atoms with E-state index in [-0.39, 0.29) is 0 Å². The van der Waals surface area contributed by atoms with Crippen LogP contribution in [0.25, 0.3) is 0 Å². The van der Waals surface area contributed by atoms with Gasteiger partial charge in [0.2, 0.25) is 0 Å². The molecule has 0 saturated carbocycles. The molecule has 0 fully saturated rings. The van der Waals surface area contributed by atoms with Crippen LogP contribution >= 0.6 is 0 Å². The molecule has 0 amide bonds. The van der Waals surface area contributed by atoms with Gasteiger partial charge in [0.15, 0.2) is 0 Å². The summed E-state index contributed by atoms with van der Waals surface area (Å²) in [5.74, 6) is 0. The standard InChI is InChI=1S/C20H32N4/c1-4-18(19-11-7-6-8-12-20(19)21)13-15-23-14-9-10-16-24(5-2)17-22-3/h4,6,8-12,17,23H,5,7,13-16,21H2,1-3H3/b10-9?,18-4-,22-17?. The Morgan fingerprint density at radius 1 is 1.42 bits per heavy atom. The molecule has 132 valence electrons. The number of hydrogen-bond donors (Lipinski definition) is 2. The number of likely N-dealkylation sites (N-methyl/N-ethyl adjacent to an activating group) is 1. The van der Waals surface area contributed by atoms with Gasteiger partial charge < -0.3 is 16.0 Å². The fraction of sp³-hybridized carbons (Fsp3) is 0.450. The molecule has 0 radical (unpaired) electrons. The molecule has 0 atom stereocenters. The van der Waals surface area contributed by atoms with Crippen molar-refractivity contribution >= 4 is 6.34 Å². The summed E-state index contributed by atoms with van der Waals surface area (Å²) in [5.41, 5.74) is 9.48. The van der Waals surface area contributed by atoms with Crippen LogP contribution < -0.4 is 11.1 Å². The van der Waals surface area contributed by atoms with Crippen LogP contribution in [0.1, 0.15) is 26.7 Å². The van der Waals surface area contributed by atoms with Gasteiger partial charge in [0.1, 0.15) is 0 Å². The van der Waals surface area contributed by atoms with Gasteiger partial charge in [-0.15, -0.1) is 0 Å². The molecule has 0 unspecified atom stereocenters. The van der Waals surface area contributed by atoms with Crippen LogP contribution in [0.5, 0.6) is 0 Å². The van der Waals surface area contributed by atoms with Crippen LogP contribution in [0.2, 0.25) is 0 Å². The average Bonchev–Trinajstić information content (AvgIpc) is 2.81. The van der Waals surface area contributed by atoms with Gasteiger partial charge in [-0.2, -0.15) is 0 Å². The van der Waals surface area contributed by atoms with Gasteiger partial charge in [-0.05, 0) is 50.5 Å². The fourth-order valence-corrected chi connectivity index (χ4v) is 2.52. The minimum Gasteiger partial charge on any atom is -0.398 e. The predicted octanol–water partition coefficient (Wildman–Crippen LogP) is 3.18. The lowest BCUT2D eigenvalue weighted by molar-refractivity contribution is 0.502. The monoisotopic (exact) mass is 328 g/mol. The van der Waals surface area contributed by atoms with E-state index in [0.29, 0.717) is 0 Å². The quantitative estimate of drug-likeness (QED) is 0.280. The third-order valence-electron chi connectivity index (χ3n) is 3.90. The van der Waals surface area contributed by atoms with E-state index in [0.717, 1.165) is 44.7 Å². The summed E-state index contributed by atoms with van der Waals surface area (Å²) in [7, 11) is 1.80. The summed E-state index contributed by atoms with van der Waals surface area (Å²) >= 11 is 0. The molecule has 0 aromatic heterocycles. The van der Waals surface area contributed by atoms with Crippen LogP contribution in [0, 0.1) is 0 Å². The number of hydrogen-bond acceptors (Lipinski definition) is 3. The maximum absolute atomic E-state index is 6.15. The summed E-state index contributed by atoms with van der Waals surface area (Å²) in [6.45, 7) is 7.90. The highest BCUT2D eigenvalue weighted by Crippen LogP contribution is 2.21. The highest BCUT2D eigenvalue weighted by Gasteiger charge is 2.07. The molecule has 4 nitrogen and oxygen atoms in total. The fourth-order valence-electron chi connectivity index (χ4n) is 2.52. The van der Waals surface area contributed by atoms with Crippen molar-refractivity contribution in [3.63, 3.8) is 0 Å². The highest BCUT2D eigenvalue weighted by molar-refractivity contribution is 5.54. The third-order valence-corrected chi connectivity index (χ3v) is 3.90. The molecule has 1 aliphatic rings. The lowest BCUT2D eigenvalue weighted by Crippen LogP contribution is -2.22. The first-order valence-electron chi connectivity index (χ1n) is 8.73. The van der Waals surface area contributed by atoms with Crippen LogP contribution in [-0.2, 0) is 0 Å². The molecule has 1 rings (SSSR count). The molecule has 0 aliphatic heterocycles. The first-order chi connectivity index (χ1) is 11.7. The second-order valence-corrected chi connectivity index (χ2v) is 5.60. The Hall–Kier alpha value is -2.07. The van der Waals surface area contributed by atoms with Crippen molar-refractivity contribution in [2.75, 3.05) is 33.2 Å². The van der Waals surface area contributed by atoms with Crippen molar-refractivity contribution in [2.24, 2.45) is 10.7 Å². The van der Waals surface area contributed by atoms with Gasteiger partial charge >= 0.3 is 0 Å². The van der Waals surface area contributed by atoms with E-state index in [1.54, 1.807) is 7.05 Å². The molecule has 0 saturated heterocycles. The number of aliphatic imine (C=N–C) groups is 1. The summed E-state index contributed by atoms with van der Waals surface area (Å²) in [4.78, 5) is 6.20. The van der Waals surface area contributed by atoms with Crippen molar-refractivity contribution in [3.05, 3.63) is 59.4 Å². The smallest absolute Gasteiger partial charge is 0.0849 e. The number of nitrogens with one attached hydrogen (secondary N) is 1. The van der Waals surface area contributed by atoms with Crippen LogP contribution in [0.3, 0.4) is 0 Å². The first kappa shape index (κ1) is 20.0. The second-order valence-electron chi connectivity index (χ2n) is 5.60. The second kappa shape index (κ2) is 12.4. The Balaban J connectivity index is 2.32. The molecule has 1 aliphatic carbocycles. The van der Waals surface area contributed by atoms with Crippen molar-refractivity contribution in [3.8, 4) is 0 Å². The van der Waals surface area contributed by atoms with E-state index in [9.17, 15) is 0 Å². The Labute approximate surface area is 147 Å². The normalized spacial score (nSPS) is 15.7. The molecular weight excluding hydrogens is 296 g/mol. The van der Waals surface area contributed by atoms with Crippen LogP contribution in [0.15, 0.2) is 64.4 Å². The Bertz CT molecular complexity index is 536. The molecule has 3 N–H and O–H groups in total. The number of rotatable bonds is 10. The van der Waals surface area contributed by atoms with E-state index < -0.39 is 0 Å². The Morgan fingerprint density at radius 2 is 2.25 bits per heavy atom. The summed E-state index contributed by atoms with van der Waals surface area (Å²) in [5, 5.41) is 3.46. The molecule has 24 heavy (non-hydrogen) atoms. The predicted molar refractivity (Wildman–Crippen MR) is 106 cm³/mol. The number of nitrogens with zero attached hydrogens (tertiary/aromatic N) is 2. The van der Waals surface area contributed by atoms with Crippen LogP contribution in [-0.4, -0.2) is 44.5 Å². The largest absolute Gasteiger partial charge is 0.398 e. The summed E-state index contributed by atoms with van der Waals surface area (Å²) in [6, 6.07) is 0. The highest BCUT2D eigenvalue weighted by atomic mass is 15.1. The topological polar surface area (TPSA) is 53.6 Å². The van der Waals surface area contributed by atoms with Gasteiger partial charge in [0.25, 0.3) is 0 Å². The molecule has 0 aromatic carbocycles. The molecule has 0 heterocycles. The minimum absolute atomic E-state index is 0.856. The number of allylic oxidation sites excluding steroid dienone is 6. The van der Waals surface area contributed by atoms with Gasteiger partial charge in [-0.1, -0.05) is 36.5 Å². The van der Waals surface area contributed by atoms with Crippen LogP contribution in [0.4, 0.5) is 0 Å². The van der Waals surface area contributed by atoms with Gasteiger partial charge in [0, 0.05) is 32.4 Å². The van der Waals surface area contributed by atoms with Gasteiger partial charge in [-0.3, -0.25) is 4.99 Å². The van der Waals surface area contributed by atoms with Crippen molar-refractivity contribution in [1.29, 1.82) is 0 Å². The average molecular weight is 329 g/mol. The lowest BCUT2D eigenvalue weighted by Gasteiger charge is -2.14. The lowest BCUT2D eigenvalue weighted by atomic mass is 9.99. The molecule has 0 spiro atoms. The van der Waals surface area contributed by atoms with Gasteiger partial charge in [0.05, 0.1) is 6.34 Å². The zero-order valence-corrected chi connectivity index (χ0v) is 15.3. The van der Waals surface area contributed by atoms with E-state index in [1.165, 1.54) is 11.1 Å². The van der Waals surface area contributed by atoms with Crippen molar-refractivity contribution < 1.29 is 0 Å². The third kappa shape index (κ3) is 7.47. The van der Waals surface area contributed by atoms with Crippen molar-refractivity contribution in [2.45, 2.75) is 26.7 Å². The SMILES string of the molecule is C/C=C(/CCNCC=CCN(C=NC)CC)C1=CCC=CC=C1N. The molecule has 0 aromatic rings. The number of nitrogens with two attached hydrogens (primary N) is 1. The zero-order chi connectivity index (χ0) is 17.6. The van der Waals surface area contributed by atoms with E-state index in [4.69, 9.17) is 5.73 Å².